The fourth-order valence-corrected chi connectivity index (χ4v) is 3.03. The molecule has 2 nitrogen and oxygen atoms in total. The van der Waals surface area contributed by atoms with Crippen LogP contribution in [-0.4, -0.2) is 6.04 Å². The molecule has 2 rings (SSSR count). The van der Waals surface area contributed by atoms with Gasteiger partial charge in [0.15, 0.2) is 0 Å². The second-order valence-electron chi connectivity index (χ2n) is 5.06. The van der Waals surface area contributed by atoms with E-state index < -0.39 is 0 Å². The molecule has 1 fully saturated rings. The van der Waals surface area contributed by atoms with Crippen molar-refractivity contribution in [1.82, 2.24) is 5.43 Å². The van der Waals surface area contributed by atoms with Crippen molar-refractivity contribution in [2.75, 3.05) is 0 Å². The molecule has 0 heterocycles. The third-order valence-corrected chi connectivity index (χ3v) is 4.20. The Labute approximate surface area is 110 Å². The molecular weight excluding hydrogens is 220 g/mol. The topological polar surface area (TPSA) is 38.0 Å². The van der Waals surface area contributed by atoms with E-state index in [0.29, 0.717) is 6.04 Å². The number of nitrogens with two attached hydrogens (primary N) is 1. The number of nitrogens with one attached hydrogen (secondary N) is 1. The van der Waals surface area contributed by atoms with Crippen LogP contribution in [0.3, 0.4) is 0 Å². The molecule has 0 aromatic heterocycles. The first-order valence-corrected chi connectivity index (χ1v) is 6.75. The lowest BCUT2D eigenvalue weighted by atomic mass is 9.59. The van der Waals surface area contributed by atoms with Gasteiger partial charge in [-0.3, -0.25) is 11.3 Å². The summed E-state index contributed by atoms with van der Waals surface area (Å²) in [4.78, 5) is 0. The predicted molar refractivity (Wildman–Crippen MR) is 75.8 cm³/mol. The molecule has 1 unspecified atom stereocenters. The highest BCUT2D eigenvalue weighted by Crippen LogP contribution is 2.47. The maximum atomic E-state index is 5.79. The Morgan fingerprint density at radius 1 is 1.33 bits per heavy atom. The van der Waals surface area contributed by atoms with Crippen molar-refractivity contribution in [3.05, 3.63) is 35.9 Å². The molecule has 1 aromatic rings. The fourth-order valence-electron chi connectivity index (χ4n) is 3.03. The zero-order chi connectivity index (χ0) is 12.8. The van der Waals surface area contributed by atoms with Crippen LogP contribution >= 0.6 is 0 Å². The average Bonchev–Trinajstić information content (AvgIpc) is 2.37. The molecule has 1 aliphatic rings. The van der Waals surface area contributed by atoms with E-state index in [0.717, 1.165) is 12.8 Å². The standard InChI is InChI=1S/C16H22N2/c1-2-3-5-11-15(18-17)16(12-8-13-16)14-9-6-4-7-10-14/h4,6-7,9-10,15,18H,5,8,11-13,17H2,1H3. The van der Waals surface area contributed by atoms with Gasteiger partial charge in [-0.15, -0.1) is 11.8 Å². The second-order valence-corrected chi connectivity index (χ2v) is 5.06. The predicted octanol–water partition coefficient (Wildman–Crippen LogP) is 2.74. The molecule has 0 saturated heterocycles. The van der Waals surface area contributed by atoms with Crippen molar-refractivity contribution in [1.29, 1.82) is 0 Å². The molecule has 2 heteroatoms. The lowest BCUT2D eigenvalue weighted by Crippen LogP contribution is -2.54. The van der Waals surface area contributed by atoms with Crippen LogP contribution in [0.1, 0.15) is 44.6 Å². The number of rotatable bonds is 5. The van der Waals surface area contributed by atoms with Crippen molar-refractivity contribution in [2.24, 2.45) is 5.84 Å². The number of benzene rings is 1. The zero-order valence-electron chi connectivity index (χ0n) is 11.1. The summed E-state index contributed by atoms with van der Waals surface area (Å²) in [6, 6.07) is 11.1. The van der Waals surface area contributed by atoms with Gasteiger partial charge in [-0.2, -0.15) is 0 Å². The normalized spacial score (nSPS) is 18.3. The molecule has 1 aromatic carbocycles. The summed E-state index contributed by atoms with van der Waals surface area (Å²) < 4.78 is 0. The summed E-state index contributed by atoms with van der Waals surface area (Å²) in [5, 5.41) is 0. The molecule has 0 bridgehead atoms. The van der Waals surface area contributed by atoms with Gasteiger partial charge in [0, 0.05) is 17.9 Å². The first-order chi connectivity index (χ1) is 8.83. The molecule has 18 heavy (non-hydrogen) atoms. The summed E-state index contributed by atoms with van der Waals surface area (Å²) in [5.41, 5.74) is 4.68. The maximum Gasteiger partial charge on any atom is 0.0316 e. The SMILES string of the molecule is CC#CCCC(NN)C1(c2ccccc2)CCC1. The van der Waals surface area contributed by atoms with Crippen LogP contribution < -0.4 is 11.3 Å². The smallest absolute Gasteiger partial charge is 0.0316 e. The van der Waals surface area contributed by atoms with E-state index in [1.165, 1.54) is 24.8 Å². The Morgan fingerprint density at radius 3 is 2.56 bits per heavy atom. The summed E-state index contributed by atoms with van der Waals surface area (Å²) in [6.45, 7) is 1.89. The number of hydrazine groups is 1. The molecular formula is C16H22N2. The van der Waals surface area contributed by atoms with E-state index in [9.17, 15) is 0 Å². The molecule has 0 spiro atoms. The Balaban J connectivity index is 2.16. The molecule has 0 aliphatic heterocycles. The molecule has 1 atom stereocenters. The van der Waals surface area contributed by atoms with Crippen molar-refractivity contribution in [2.45, 2.75) is 50.5 Å². The largest absolute Gasteiger partial charge is 0.271 e. The molecule has 1 aliphatic carbocycles. The molecule has 1 saturated carbocycles. The van der Waals surface area contributed by atoms with Crippen LogP contribution in [0.15, 0.2) is 30.3 Å². The summed E-state index contributed by atoms with van der Waals surface area (Å²) in [7, 11) is 0. The highest BCUT2D eigenvalue weighted by Gasteiger charge is 2.44. The Morgan fingerprint density at radius 2 is 2.06 bits per heavy atom. The number of hydrogen-bond acceptors (Lipinski definition) is 2. The maximum absolute atomic E-state index is 5.79. The van der Waals surface area contributed by atoms with Crippen LogP contribution in [0.25, 0.3) is 0 Å². The van der Waals surface area contributed by atoms with Gasteiger partial charge in [0.2, 0.25) is 0 Å². The number of hydrogen-bond donors (Lipinski definition) is 2. The van der Waals surface area contributed by atoms with E-state index in [1.54, 1.807) is 0 Å². The van der Waals surface area contributed by atoms with E-state index in [2.05, 4.69) is 47.6 Å². The minimum Gasteiger partial charge on any atom is -0.271 e. The van der Waals surface area contributed by atoms with Gasteiger partial charge in [-0.05, 0) is 31.7 Å². The summed E-state index contributed by atoms with van der Waals surface area (Å²) in [6.07, 6.45) is 5.69. The van der Waals surface area contributed by atoms with Crippen molar-refractivity contribution >= 4 is 0 Å². The molecule has 3 N–H and O–H groups in total. The van der Waals surface area contributed by atoms with Crippen molar-refractivity contribution in [3.63, 3.8) is 0 Å². The van der Waals surface area contributed by atoms with Crippen molar-refractivity contribution < 1.29 is 0 Å². The van der Waals surface area contributed by atoms with Crippen LogP contribution in [0.4, 0.5) is 0 Å². The van der Waals surface area contributed by atoms with Crippen LogP contribution in [-0.2, 0) is 5.41 Å². The van der Waals surface area contributed by atoms with Crippen LogP contribution in [0.5, 0.6) is 0 Å². The van der Waals surface area contributed by atoms with E-state index >= 15 is 0 Å². The summed E-state index contributed by atoms with van der Waals surface area (Å²) >= 11 is 0. The third-order valence-electron chi connectivity index (χ3n) is 4.20. The van der Waals surface area contributed by atoms with Crippen LogP contribution in [0.2, 0.25) is 0 Å². The lowest BCUT2D eigenvalue weighted by molar-refractivity contribution is 0.163. The highest BCUT2D eigenvalue weighted by atomic mass is 15.2. The van der Waals surface area contributed by atoms with Gasteiger partial charge >= 0.3 is 0 Å². The molecule has 0 amide bonds. The molecule has 0 radical (unpaired) electrons. The minimum absolute atomic E-state index is 0.228. The third kappa shape index (κ3) is 2.43. The van der Waals surface area contributed by atoms with Gasteiger partial charge in [0.1, 0.15) is 0 Å². The minimum atomic E-state index is 0.228. The zero-order valence-corrected chi connectivity index (χ0v) is 11.1. The lowest BCUT2D eigenvalue weighted by Gasteiger charge is -2.48. The first-order valence-electron chi connectivity index (χ1n) is 6.75. The van der Waals surface area contributed by atoms with Crippen LogP contribution in [0, 0.1) is 11.8 Å². The van der Waals surface area contributed by atoms with Gasteiger partial charge < -0.3 is 0 Å². The van der Waals surface area contributed by atoms with E-state index in [4.69, 9.17) is 5.84 Å². The van der Waals surface area contributed by atoms with E-state index in [-0.39, 0.29) is 5.41 Å². The second kappa shape index (κ2) is 6.04. The molecule has 96 valence electrons. The van der Waals surface area contributed by atoms with Crippen molar-refractivity contribution in [3.8, 4) is 11.8 Å². The van der Waals surface area contributed by atoms with Gasteiger partial charge in [-0.1, -0.05) is 36.8 Å². The van der Waals surface area contributed by atoms with Gasteiger partial charge in [0.25, 0.3) is 0 Å². The average molecular weight is 242 g/mol. The quantitative estimate of drug-likeness (QED) is 0.473. The first kappa shape index (κ1) is 13.1. The fraction of sp³-hybridized carbons (Fsp3) is 0.500. The Bertz CT molecular complexity index is 423. The van der Waals surface area contributed by atoms with E-state index in [1.807, 2.05) is 6.92 Å². The van der Waals surface area contributed by atoms with Gasteiger partial charge in [0.05, 0.1) is 0 Å². The monoisotopic (exact) mass is 242 g/mol. The Kier molecular flexibility index (Phi) is 4.41. The Hall–Kier alpha value is -1.30. The van der Waals surface area contributed by atoms with Gasteiger partial charge in [-0.25, -0.2) is 0 Å². The summed E-state index contributed by atoms with van der Waals surface area (Å²) in [5.74, 6) is 11.9. The highest BCUT2D eigenvalue weighted by molar-refractivity contribution is 5.30.